The first-order valence-electron chi connectivity index (χ1n) is 11.8. The van der Waals surface area contributed by atoms with Gasteiger partial charge in [0.2, 0.25) is 0 Å². The number of fused-ring (bicyclic) bond motifs is 1. The number of alkyl halides is 3. The summed E-state index contributed by atoms with van der Waals surface area (Å²) in [6.07, 6.45) is -4.79. The van der Waals surface area contributed by atoms with Gasteiger partial charge < -0.3 is 10.6 Å². The number of aryl methyl sites for hydroxylation is 1. The number of hydrogen-bond acceptors (Lipinski definition) is 4. The summed E-state index contributed by atoms with van der Waals surface area (Å²) in [4.78, 5) is 13.1. The summed E-state index contributed by atoms with van der Waals surface area (Å²) in [5, 5.41) is 15.4. The molecular weight excluding hydrogens is 540 g/mol. The second kappa shape index (κ2) is 9.99. The highest BCUT2D eigenvalue weighted by atomic mass is 35.5. The predicted molar refractivity (Wildman–Crippen MR) is 140 cm³/mol. The van der Waals surface area contributed by atoms with Crippen molar-refractivity contribution in [1.29, 1.82) is 0 Å². The molecule has 198 valence electrons. The van der Waals surface area contributed by atoms with Crippen molar-refractivity contribution in [3.05, 3.63) is 92.9 Å². The van der Waals surface area contributed by atoms with Crippen LogP contribution < -0.4 is 10.6 Å². The summed E-state index contributed by atoms with van der Waals surface area (Å²) < 4.78 is 44.5. The number of nitrogens with zero attached hydrogens (tertiary/aromatic N) is 4. The van der Waals surface area contributed by atoms with Crippen molar-refractivity contribution in [2.75, 3.05) is 10.6 Å². The van der Waals surface area contributed by atoms with Crippen LogP contribution in [0.4, 0.5) is 24.7 Å². The van der Waals surface area contributed by atoms with Gasteiger partial charge in [0.1, 0.15) is 5.82 Å². The van der Waals surface area contributed by atoms with E-state index in [1.54, 1.807) is 67.1 Å². The molecule has 7 nitrogen and oxygen atoms in total. The quantitative estimate of drug-likeness (QED) is 0.275. The van der Waals surface area contributed by atoms with E-state index >= 15 is 0 Å². The Kier molecular flexibility index (Phi) is 6.87. The van der Waals surface area contributed by atoms with Gasteiger partial charge in [-0.1, -0.05) is 59.6 Å². The molecule has 4 aromatic rings. The molecule has 0 radical (unpaired) electrons. The van der Waals surface area contributed by atoms with Crippen molar-refractivity contribution >= 4 is 40.6 Å². The lowest BCUT2D eigenvalue weighted by Gasteiger charge is -2.33. The zero-order valence-electron chi connectivity index (χ0n) is 20.4. The lowest BCUT2D eigenvalue weighted by atomic mass is 9.97. The van der Waals surface area contributed by atoms with Gasteiger partial charge in [0.15, 0.2) is 11.7 Å². The first kappa shape index (κ1) is 26.1. The van der Waals surface area contributed by atoms with Gasteiger partial charge in [-0.15, -0.1) is 0 Å². The van der Waals surface area contributed by atoms with E-state index in [0.29, 0.717) is 32.7 Å². The predicted octanol–water partition coefficient (Wildman–Crippen LogP) is 6.96. The average molecular weight is 563 g/mol. The molecule has 1 aliphatic rings. The largest absolute Gasteiger partial charge is 0.410 e. The normalized spacial score (nSPS) is 17.1. The maximum absolute atomic E-state index is 14.0. The Balaban J connectivity index is 1.41. The van der Waals surface area contributed by atoms with E-state index in [4.69, 9.17) is 23.2 Å². The lowest BCUT2D eigenvalue weighted by molar-refractivity contribution is -0.173. The van der Waals surface area contributed by atoms with Gasteiger partial charge in [-0.2, -0.15) is 23.4 Å². The second-order valence-electron chi connectivity index (χ2n) is 9.12. The highest BCUT2D eigenvalue weighted by Gasteiger charge is 2.46. The third-order valence-electron chi connectivity index (χ3n) is 6.61. The van der Waals surface area contributed by atoms with E-state index < -0.39 is 24.2 Å². The molecule has 2 aromatic heterocycles. The molecule has 0 spiro atoms. The first-order valence-corrected chi connectivity index (χ1v) is 12.5. The van der Waals surface area contributed by atoms with E-state index in [-0.39, 0.29) is 24.5 Å². The highest BCUT2D eigenvalue weighted by molar-refractivity contribution is 6.36. The van der Waals surface area contributed by atoms with Crippen molar-refractivity contribution in [2.45, 2.75) is 45.1 Å². The molecule has 2 N–H and O–H groups in total. The number of nitrogens with one attached hydrogen (secondary N) is 2. The van der Waals surface area contributed by atoms with Gasteiger partial charge in [0, 0.05) is 28.1 Å². The van der Waals surface area contributed by atoms with Gasteiger partial charge >= 0.3 is 6.18 Å². The number of hydrogen-bond donors (Lipinski definition) is 2. The molecule has 3 heterocycles. The minimum absolute atomic E-state index is 0.120. The molecule has 0 saturated carbocycles. The van der Waals surface area contributed by atoms with Crippen molar-refractivity contribution in [3.8, 4) is 0 Å². The van der Waals surface area contributed by atoms with Crippen LogP contribution >= 0.6 is 23.2 Å². The van der Waals surface area contributed by atoms with Crippen molar-refractivity contribution in [2.24, 2.45) is 0 Å². The van der Waals surface area contributed by atoms with Gasteiger partial charge in [-0.05, 0) is 31.5 Å². The standard InChI is InChI=1S/C26H23Cl2F3N6O/c1-14-24(15(2)36(34-14)13-17-18(27)9-6-10-19(17)28)33-25(38)21-12-23-32-20(16-7-4-3-5-8-16)11-22(26(29,30)31)37(23)35-21/h3-10,12,20,22,32H,11,13H2,1-2H3,(H,33,38)/t20-,22-/m0/s1. The molecule has 1 aliphatic heterocycles. The number of rotatable bonds is 5. The van der Waals surface area contributed by atoms with E-state index in [1.165, 1.54) is 6.07 Å². The fourth-order valence-electron chi connectivity index (χ4n) is 4.63. The van der Waals surface area contributed by atoms with Crippen molar-refractivity contribution in [1.82, 2.24) is 19.6 Å². The minimum Gasteiger partial charge on any atom is -0.363 e. The Bertz CT molecular complexity index is 1480. The Morgan fingerprint density at radius 2 is 1.76 bits per heavy atom. The maximum Gasteiger partial charge on any atom is 0.410 e. The van der Waals surface area contributed by atoms with E-state index in [1.807, 2.05) is 0 Å². The Hall–Kier alpha value is -3.50. The highest BCUT2D eigenvalue weighted by Crippen LogP contribution is 2.43. The number of carbonyl (C=O) groups is 1. The summed E-state index contributed by atoms with van der Waals surface area (Å²) in [7, 11) is 0. The average Bonchev–Trinajstić information content (AvgIpc) is 3.42. The Morgan fingerprint density at radius 1 is 1.08 bits per heavy atom. The Morgan fingerprint density at radius 3 is 2.42 bits per heavy atom. The summed E-state index contributed by atoms with van der Waals surface area (Å²) >= 11 is 12.6. The molecule has 2 aromatic carbocycles. The van der Waals surface area contributed by atoms with Gasteiger partial charge in [-0.3, -0.25) is 9.48 Å². The third kappa shape index (κ3) is 4.98. The Labute approximate surface area is 226 Å². The lowest BCUT2D eigenvalue weighted by Crippen LogP contribution is -2.35. The first-order chi connectivity index (χ1) is 18.0. The maximum atomic E-state index is 14.0. The van der Waals surface area contributed by atoms with E-state index in [0.717, 1.165) is 10.2 Å². The SMILES string of the molecule is Cc1nn(Cc2c(Cl)cccc2Cl)c(C)c1NC(=O)c1cc2n(n1)[C@H](C(F)(F)F)C[C@@H](c1ccccc1)N2. The van der Waals surface area contributed by atoms with Crippen LogP contribution in [-0.4, -0.2) is 31.6 Å². The number of amides is 1. The second-order valence-corrected chi connectivity index (χ2v) is 9.93. The smallest absolute Gasteiger partial charge is 0.363 e. The molecule has 0 saturated heterocycles. The van der Waals surface area contributed by atoms with Crippen molar-refractivity contribution < 1.29 is 18.0 Å². The molecule has 38 heavy (non-hydrogen) atoms. The molecular formula is C26H23Cl2F3N6O. The zero-order chi connectivity index (χ0) is 27.2. The van der Waals surface area contributed by atoms with Crippen LogP contribution in [0.15, 0.2) is 54.6 Å². The zero-order valence-corrected chi connectivity index (χ0v) is 21.9. The van der Waals surface area contributed by atoms with Crippen LogP contribution in [0.1, 0.15) is 51.5 Å². The molecule has 0 unspecified atom stereocenters. The van der Waals surface area contributed by atoms with Crippen molar-refractivity contribution in [3.63, 3.8) is 0 Å². The van der Waals surface area contributed by atoms with Gasteiger partial charge in [0.25, 0.3) is 5.91 Å². The monoisotopic (exact) mass is 562 g/mol. The number of anilines is 2. The van der Waals surface area contributed by atoms with Gasteiger partial charge in [-0.25, -0.2) is 4.68 Å². The van der Waals surface area contributed by atoms with Crippen LogP contribution in [0.2, 0.25) is 10.0 Å². The van der Waals surface area contributed by atoms with Crippen LogP contribution in [-0.2, 0) is 6.54 Å². The topological polar surface area (TPSA) is 76.8 Å². The summed E-state index contributed by atoms with van der Waals surface area (Å²) in [6.45, 7) is 3.76. The molecule has 0 bridgehead atoms. The van der Waals surface area contributed by atoms with Crippen LogP contribution in [0, 0.1) is 13.8 Å². The van der Waals surface area contributed by atoms with Crippen LogP contribution in [0.25, 0.3) is 0 Å². The number of benzene rings is 2. The summed E-state index contributed by atoms with van der Waals surface area (Å²) in [6, 6.07) is 12.9. The van der Waals surface area contributed by atoms with E-state index in [2.05, 4.69) is 20.8 Å². The molecule has 5 rings (SSSR count). The fraction of sp³-hybridized carbons (Fsp3) is 0.269. The molecule has 12 heteroatoms. The number of aromatic nitrogens is 4. The van der Waals surface area contributed by atoms with Crippen LogP contribution in [0.5, 0.6) is 0 Å². The molecule has 1 amide bonds. The van der Waals surface area contributed by atoms with Gasteiger partial charge in [0.05, 0.1) is 29.7 Å². The number of halogens is 5. The summed E-state index contributed by atoms with van der Waals surface area (Å²) in [5.74, 6) is -0.525. The molecule has 0 aliphatic carbocycles. The summed E-state index contributed by atoms with van der Waals surface area (Å²) in [5.41, 5.74) is 2.85. The van der Waals surface area contributed by atoms with Crippen LogP contribution in [0.3, 0.4) is 0 Å². The third-order valence-corrected chi connectivity index (χ3v) is 7.32. The molecule has 2 atom stereocenters. The van der Waals surface area contributed by atoms with E-state index in [9.17, 15) is 18.0 Å². The molecule has 0 fully saturated rings. The minimum atomic E-state index is -4.54. The number of carbonyl (C=O) groups excluding carboxylic acids is 1. The fourth-order valence-corrected chi connectivity index (χ4v) is 5.15.